The first-order valence-electron chi connectivity index (χ1n) is 12.2. The van der Waals surface area contributed by atoms with Gasteiger partial charge < -0.3 is 9.05 Å². The Balaban J connectivity index is 4.40. The summed E-state index contributed by atoms with van der Waals surface area (Å²) in [7, 11) is -2.97. The van der Waals surface area contributed by atoms with Crippen molar-refractivity contribution >= 4 is 7.60 Å². The molecule has 0 aliphatic rings. The Morgan fingerprint density at radius 1 is 0.679 bits per heavy atom. The van der Waals surface area contributed by atoms with Crippen molar-refractivity contribution in [3.8, 4) is 0 Å². The van der Waals surface area contributed by atoms with Gasteiger partial charge in [-0.3, -0.25) is 4.57 Å². The molecule has 1 atom stereocenters. The molecule has 0 radical (unpaired) electrons. The first kappa shape index (κ1) is 28.1. The van der Waals surface area contributed by atoms with Gasteiger partial charge in [0.1, 0.15) is 0 Å². The van der Waals surface area contributed by atoms with E-state index in [1.807, 2.05) is 0 Å². The SMILES string of the molecule is CCCCC(CC)CP(=O)(OCCCCCC(C)C)OCCCCCC(C)C. The van der Waals surface area contributed by atoms with Gasteiger partial charge in [0.05, 0.1) is 19.4 Å². The van der Waals surface area contributed by atoms with Crippen molar-refractivity contribution in [2.45, 2.75) is 119 Å². The van der Waals surface area contributed by atoms with Crippen LogP contribution in [0.4, 0.5) is 0 Å². The Labute approximate surface area is 177 Å². The summed E-state index contributed by atoms with van der Waals surface area (Å²) in [5.41, 5.74) is 0. The molecule has 28 heavy (non-hydrogen) atoms. The fraction of sp³-hybridized carbons (Fsp3) is 1.00. The summed E-state index contributed by atoms with van der Waals surface area (Å²) in [6, 6.07) is 0. The van der Waals surface area contributed by atoms with Gasteiger partial charge in [0.25, 0.3) is 0 Å². The molecule has 0 heterocycles. The Kier molecular flexibility index (Phi) is 18.1. The van der Waals surface area contributed by atoms with Crippen molar-refractivity contribution in [2.75, 3.05) is 19.4 Å². The summed E-state index contributed by atoms with van der Waals surface area (Å²) in [5.74, 6) is 1.97. The third-order valence-electron chi connectivity index (χ3n) is 5.45. The summed E-state index contributed by atoms with van der Waals surface area (Å²) in [6.45, 7) is 14.6. The lowest BCUT2D eigenvalue weighted by Crippen LogP contribution is -2.11. The highest BCUT2D eigenvalue weighted by molar-refractivity contribution is 7.53. The largest absolute Gasteiger partial charge is 0.330 e. The molecule has 0 aromatic carbocycles. The normalized spacial score (nSPS) is 13.6. The van der Waals surface area contributed by atoms with E-state index in [2.05, 4.69) is 41.5 Å². The van der Waals surface area contributed by atoms with Crippen LogP contribution in [0.5, 0.6) is 0 Å². The van der Waals surface area contributed by atoms with Crippen LogP contribution in [0.25, 0.3) is 0 Å². The van der Waals surface area contributed by atoms with Gasteiger partial charge in [-0.2, -0.15) is 0 Å². The van der Waals surface area contributed by atoms with Crippen molar-refractivity contribution in [3.63, 3.8) is 0 Å². The first-order chi connectivity index (χ1) is 13.3. The molecule has 0 amide bonds. The average molecular weight is 419 g/mol. The molecule has 170 valence electrons. The smallest absolute Gasteiger partial charge is 0.309 e. The van der Waals surface area contributed by atoms with Crippen LogP contribution in [0, 0.1) is 17.8 Å². The maximum absolute atomic E-state index is 13.4. The molecule has 4 heteroatoms. The maximum Gasteiger partial charge on any atom is 0.330 e. The Bertz CT molecular complexity index is 358. The third-order valence-corrected chi connectivity index (χ3v) is 7.57. The highest BCUT2D eigenvalue weighted by Gasteiger charge is 2.28. The number of rotatable bonds is 20. The van der Waals surface area contributed by atoms with Crippen molar-refractivity contribution < 1.29 is 13.6 Å². The molecule has 0 aliphatic heterocycles. The molecule has 0 N–H and O–H groups in total. The van der Waals surface area contributed by atoms with Gasteiger partial charge >= 0.3 is 7.60 Å². The molecular weight excluding hydrogens is 367 g/mol. The topological polar surface area (TPSA) is 35.5 Å². The number of unbranched alkanes of at least 4 members (excludes halogenated alkanes) is 5. The summed E-state index contributed by atoms with van der Waals surface area (Å²) in [4.78, 5) is 0. The van der Waals surface area contributed by atoms with Crippen molar-refractivity contribution in [3.05, 3.63) is 0 Å². The average Bonchev–Trinajstić information content (AvgIpc) is 2.64. The molecule has 0 aromatic heterocycles. The minimum atomic E-state index is -2.97. The summed E-state index contributed by atoms with van der Waals surface area (Å²) < 4.78 is 25.2. The van der Waals surface area contributed by atoms with Crippen LogP contribution in [-0.4, -0.2) is 19.4 Å². The monoisotopic (exact) mass is 418 g/mol. The van der Waals surface area contributed by atoms with E-state index in [-0.39, 0.29) is 0 Å². The second-order valence-electron chi connectivity index (χ2n) is 9.36. The van der Waals surface area contributed by atoms with E-state index in [0.29, 0.717) is 25.3 Å². The van der Waals surface area contributed by atoms with Crippen LogP contribution in [0.15, 0.2) is 0 Å². The van der Waals surface area contributed by atoms with E-state index in [9.17, 15) is 4.57 Å². The Morgan fingerprint density at radius 2 is 1.18 bits per heavy atom. The lowest BCUT2D eigenvalue weighted by atomic mass is 10.0. The minimum absolute atomic E-state index is 0.452. The summed E-state index contributed by atoms with van der Waals surface area (Å²) >= 11 is 0. The predicted octanol–water partition coefficient (Wildman–Crippen LogP) is 8.86. The van der Waals surface area contributed by atoms with Crippen LogP contribution < -0.4 is 0 Å². The van der Waals surface area contributed by atoms with E-state index < -0.39 is 7.60 Å². The van der Waals surface area contributed by atoms with E-state index in [4.69, 9.17) is 9.05 Å². The minimum Gasteiger partial charge on any atom is -0.309 e. The summed E-state index contributed by atoms with van der Waals surface area (Å²) in [5, 5.41) is 0. The van der Waals surface area contributed by atoms with Crippen LogP contribution in [-0.2, 0) is 13.6 Å². The lowest BCUT2D eigenvalue weighted by Gasteiger charge is -2.23. The molecule has 0 bridgehead atoms. The standard InChI is InChI=1S/C24H51O3P/c1-7-9-18-24(8-2)21-28(25,26-19-14-10-12-16-22(3)4)27-20-15-11-13-17-23(5)6/h22-24H,7-21H2,1-6H3. The quantitative estimate of drug-likeness (QED) is 0.146. The van der Waals surface area contributed by atoms with E-state index in [0.717, 1.165) is 50.4 Å². The predicted molar refractivity (Wildman–Crippen MR) is 124 cm³/mol. The van der Waals surface area contributed by atoms with E-state index >= 15 is 0 Å². The zero-order valence-corrected chi connectivity index (χ0v) is 20.9. The molecular formula is C24H51O3P. The van der Waals surface area contributed by atoms with Gasteiger partial charge in [-0.05, 0) is 37.0 Å². The van der Waals surface area contributed by atoms with Crippen LogP contribution in [0.1, 0.15) is 119 Å². The molecule has 0 aromatic rings. The molecule has 0 saturated heterocycles. The molecule has 0 spiro atoms. The maximum atomic E-state index is 13.4. The van der Waals surface area contributed by atoms with Gasteiger partial charge in [-0.25, -0.2) is 0 Å². The molecule has 0 aliphatic carbocycles. The fourth-order valence-corrected chi connectivity index (χ4v) is 5.62. The van der Waals surface area contributed by atoms with Crippen LogP contribution in [0.2, 0.25) is 0 Å². The van der Waals surface area contributed by atoms with Crippen LogP contribution >= 0.6 is 7.60 Å². The Hall–Kier alpha value is 0.150. The Morgan fingerprint density at radius 3 is 1.57 bits per heavy atom. The van der Waals surface area contributed by atoms with Gasteiger partial charge in [0, 0.05) is 0 Å². The highest BCUT2D eigenvalue weighted by atomic mass is 31.2. The second kappa shape index (κ2) is 18.0. The zero-order valence-electron chi connectivity index (χ0n) is 20.0. The van der Waals surface area contributed by atoms with Gasteiger partial charge in [-0.15, -0.1) is 0 Å². The second-order valence-corrected chi connectivity index (χ2v) is 11.5. The van der Waals surface area contributed by atoms with Crippen LogP contribution in [0.3, 0.4) is 0 Å². The molecule has 0 saturated carbocycles. The van der Waals surface area contributed by atoms with E-state index in [1.54, 1.807) is 0 Å². The number of hydrogen-bond acceptors (Lipinski definition) is 3. The lowest BCUT2D eigenvalue weighted by molar-refractivity contribution is 0.192. The van der Waals surface area contributed by atoms with Crippen molar-refractivity contribution in [1.29, 1.82) is 0 Å². The van der Waals surface area contributed by atoms with E-state index in [1.165, 1.54) is 38.5 Å². The van der Waals surface area contributed by atoms with Crippen molar-refractivity contribution in [1.82, 2.24) is 0 Å². The van der Waals surface area contributed by atoms with Gasteiger partial charge in [0.15, 0.2) is 0 Å². The molecule has 3 nitrogen and oxygen atoms in total. The third kappa shape index (κ3) is 17.0. The number of hydrogen-bond donors (Lipinski definition) is 0. The van der Waals surface area contributed by atoms with Gasteiger partial charge in [0.2, 0.25) is 0 Å². The molecule has 0 rings (SSSR count). The highest BCUT2D eigenvalue weighted by Crippen LogP contribution is 2.51. The fourth-order valence-electron chi connectivity index (χ4n) is 3.45. The molecule has 0 fully saturated rings. The first-order valence-corrected chi connectivity index (χ1v) is 13.9. The molecule has 1 unspecified atom stereocenters. The summed E-state index contributed by atoms with van der Waals surface area (Å²) in [6.07, 6.45) is 14.4. The zero-order chi connectivity index (χ0) is 21.3. The van der Waals surface area contributed by atoms with Crippen molar-refractivity contribution in [2.24, 2.45) is 17.8 Å². The van der Waals surface area contributed by atoms with Gasteiger partial charge in [-0.1, -0.05) is 99.3 Å².